The molecular weight excluding hydrogens is 354 g/mol. The van der Waals surface area contributed by atoms with Crippen LogP contribution in [0.15, 0.2) is 39.7 Å². The molecule has 2 heterocycles. The van der Waals surface area contributed by atoms with Crippen LogP contribution in [0.2, 0.25) is 0 Å². The van der Waals surface area contributed by atoms with Crippen LogP contribution in [0.5, 0.6) is 0 Å². The van der Waals surface area contributed by atoms with Gasteiger partial charge in [0.25, 0.3) is 5.56 Å². The molecule has 1 atom stereocenters. The number of aromatic amines is 1. The summed E-state index contributed by atoms with van der Waals surface area (Å²) < 4.78 is 0.940. The molecule has 1 unspecified atom stereocenters. The second kappa shape index (κ2) is 5.64. The van der Waals surface area contributed by atoms with Crippen LogP contribution < -0.4 is 10.9 Å². The van der Waals surface area contributed by atoms with Crippen LogP contribution in [0.25, 0.3) is 21.7 Å². The van der Waals surface area contributed by atoms with E-state index in [1.807, 2.05) is 24.3 Å². The fraction of sp³-hybridized carbons (Fsp3) is 0.333. The molecule has 5 heteroatoms. The monoisotopic (exact) mass is 373 g/mol. The Hall–Kier alpha value is -1.88. The number of rotatable bonds is 2. The molecule has 0 aliphatic heterocycles. The molecule has 1 aromatic carbocycles. The summed E-state index contributed by atoms with van der Waals surface area (Å²) in [6.07, 6.45) is 1.64. The van der Waals surface area contributed by atoms with Crippen LogP contribution in [-0.4, -0.2) is 16.0 Å². The molecule has 0 radical (unpaired) electrons. The maximum absolute atomic E-state index is 12.3. The lowest BCUT2D eigenvalue weighted by Gasteiger charge is -2.29. The van der Waals surface area contributed by atoms with E-state index in [2.05, 4.69) is 53.9 Å². The van der Waals surface area contributed by atoms with Gasteiger partial charge in [0.05, 0.1) is 10.9 Å². The van der Waals surface area contributed by atoms with Crippen molar-refractivity contribution in [3.05, 3.63) is 45.3 Å². The average Bonchev–Trinajstić information content (AvgIpc) is 2.45. The molecular formula is C18H20BrN3O. The van der Waals surface area contributed by atoms with Crippen molar-refractivity contribution in [3.63, 3.8) is 0 Å². The van der Waals surface area contributed by atoms with Gasteiger partial charge in [-0.25, -0.2) is 4.98 Å². The Balaban J connectivity index is 2.31. The molecule has 23 heavy (non-hydrogen) atoms. The summed E-state index contributed by atoms with van der Waals surface area (Å²) >= 11 is 3.50. The van der Waals surface area contributed by atoms with Gasteiger partial charge in [-0.2, -0.15) is 0 Å². The highest BCUT2D eigenvalue weighted by atomic mass is 79.9. The Kier molecular flexibility index (Phi) is 3.92. The third kappa shape index (κ3) is 2.98. The number of anilines is 1. The largest absolute Gasteiger partial charge is 0.367 e. The van der Waals surface area contributed by atoms with Crippen molar-refractivity contribution in [2.24, 2.45) is 5.41 Å². The van der Waals surface area contributed by atoms with Gasteiger partial charge < -0.3 is 10.3 Å². The number of H-pyrrole nitrogens is 1. The molecule has 0 amide bonds. The Morgan fingerprint density at radius 3 is 2.65 bits per heavy atom. The van der Waals surface area contributed by atoms with Gasteiger partial charge in [0.2, 0.25) is 0 Å². The van der Waals surface area contributed by atoms with Gasteiger partial charge in [-0.3, -0.25) is 4.79 Å². The summed E-state index contributed by atoms with van der Waals surface area (Å²) in [6.45, 7) is 8.72. The predicted molar refractivity (Wildman–Crippen MR) is 100 cm³/mol. The maximum atomic E-state index is 12.3. The quantitative estimate of drug-likeness (QED) is 0.640. The summed E-state index contributed by atoms with van der Waals surface area (Å²) in [4.78, 5) is 19.7. The second-order valence-electron chi connectivity index (χ2n) is 6.95. The molecule has 2 N–H and O–H groups in total. The van der Waals surface area contributed by atoms with Gasteiger partial charge in [-0.15, -0.1) is 0 Å². The standard InChI is InChI=1S/C18H20BrN3O/c1-10(18(2,3)4)21-16-12-6-5-11(19)9-13(12)15-14(22-16)7-8-20-17(15)23/h5-10H,1-4H3,(H,20,23)(H,21,22). The lowest BCUT2D eigenvalue weighted by molar-refractivity contribution is 0.359. The van der Waals surface area contributed by atoms with Crippen LogP contribution in [0.4, 0.5) is 5.82 Å². The first-order valence-electron chi connectivity index (χ1n) is 7.64. The summed E-state index contributed by atoms with van der Waals surface area (Å²) in [7, 11) is 0. The van der Waals surface area contributed by atoms with Gasteiger partial charge in [-0.05, 0) is 36.6 Å². The van der Waals surface area contributed by atoms with E-state index in [0.717, 1.165) is 21.1 Å². The van der Waals surface area contributed by atoms with E-state index in [1.54, 1.807) is 6.20 Å². The highest BCUT2D eigenvalue weighted by Crippen LogP contribution is 2.31. The van der Waals surface area contributed by atoms with E-state index in [9.17, 15) is 4.79 Å². The zero-order valence-corrected chi connectivity index (χ0v) is 15.3. The third-order valence-corrected chi connectivity index (χ3v) is 4.82. The lowest BCUT2D eigenvalue weighted by Crippen LogP contribution is -2.31. The molecule has 2 aromatic heterocycles. The molecule has 0 saturated heterocycles. The number of fused-ring (bicyclic) bond motifs is 3. The Morgan fingerprint density at radius 2 is 1.96 bits per heavy atom. The van der Waals surface area contributed by atoms with Crippen molar-refractivity contribution < 1.29 is 0 Å². The number of hydrogen-bond donors (Lipinski definition) is 2. The molecule has 3 aromatic rings. The van der Waals surface area contributed by atoms with Gasteiger partial charge in [0.15, 0.2) is 0 Å². The van der Waals surface area contributed by atoms with Crippen molar-refractivity contribution in [3.8, 4) is 0 Å². The molecule has 3 rings (SSSR count). The molecule has 0 saturated carbocycles. The molecule has 0 fully saturated rings. The minimum absolute atomic E-state index is 0.104. The second-order valence-corrected chi connectivity index (χ2v) is 7.87. The summed E-state index contributed by atoms with van der Waals surface area (Å²) in [5.74, 6) is 0.813. The predicted octanol–water partition coefficient (Wildman–Crippen LogP) is 4.69. The van der Waals surface area contributed by atoms with E-state index >= 15 is 0 Å². The molecule has 0 aliphatic carbocycles. The highest BCUT2D eigenvalue weighted by Gasteiger charge is 2.21. The number of aromatic nitrogens is 2. The number of pyridine rings is 2. The van der Waals surface area contributed by atoms with E-state index in [0.29, 0.717) is 10.9 Å². The van der Waals surface area contributed by atoms with Crippen molar-refractivity contribution in [2.45, 2.75) is 33.7 Å². The average molecular weight is 374 g/mol. The smallest absolute Gasteiger partial charge is 0.258 e. The zero-order chi connectivity index (χ0) is 16.8. The Bertz CT molecular complexity index is 941. The van der Waals surface area contributed by atoms with Crippen LogP contribution in [-0.2, 0) is 0 Å². The molecule has 0 aliphatic rings. The number of nitrogens with one attached hydrogen (secondary N) is 2. The summed E-state index contributed by atoms with van der Waals surface area (Å²) in [5.41, 5.74) is 0.684. The Labute approximate surface area is 143 Å². The van der Waals surface area contributed by atoms with Crippen LogP contribution in [0.1, 0.15) is 27.7 Å². The first-order chi connectivity index (χ1) is 10.8. The first-order valence-corrected chi connectivity index (χ1v) is 8.44. The summed E-state index contributed by atoms with van der Waals surface area (Å²) in [6, 6.07) is 8.02. The van der Waals surface area contributed by atoms with E-state index < -0.39 is 0 Å². The van der Waals surface area contributed by atoms with Gasteiger partial charge in [0, 0.05) is 27.5 Å². The summed E-state index contributed by atoms with van der Waals surface area (Å²) in [5, 5.41) is 5.99. The van der Waals surface area contributed by atoms with Crippen LogP contribution in [0.3, 0.4) is 0 Å². The number of benzene rings is 1. The third-order valence-electron chi connectivity index (χ3n) is 4.33. The molecule has 0 spiro atoms. The SMILES string of the molecule is CC(Nc1nc2cc[nH]c(=O)c2c2cc(Br)ccc12)C(C)(C)C. The Morgan fingerprint density at radius 1 is 1.22 bits per heavy atom. The molecule has 0 bridgehead atoms. The van der Waals surface area contributed by atoms with E-state index in [1.165, 1.54) is 0 Å². The minimum Gasteiger partial charge on any atom is -0.367 e. The number of hydrogen-bond acceptors (Lipinski definition) is 3. The van der Waals surface area contributed by atoms with Crippen LogP contribution >= 0.6 is 15.9 Å². The van der Waals surface area contributed by atoms with E-state index in [-0.39, 0.29) is 17.0 Å². The van der Waals surface area contributed by atoms with E-state index in [4.69, 9.17) is 4.98 Å². The number of nitrogens with zero attached hydrogens (tertiary/aromatic N) is 1. The van der Waals surface area contributed by atoms with Crippen molar-refractivity contribution in [2.75, 3.05) is 5.32 Å². The molecule has 120 valence electrons. The van der Waals surface area contributed by atoms with Gasteiger partial charge >= 0.3 is 0 Å². The minimum atomic E-state index is -0.117. The normalized spacial score (nSPS) is 13.4. The first kappa shape index (κ1) is 16.0. The maximum Gasteiger partial charge on any atom is 0.258 e. The fourth-order valence-electron chi connectivity index (χ4n) is 2.46. The van der Waals surface area contributed by atoms with Crippen LogP contribution in [0, 0.1) is 5.41 Å². The molecule has 4 nitrogen and oxygen atoms in total. The lowest BCUT2D eigenvalue weighted by atomic mass is 9.88. The van der Waals surface area contributed by atoms with Crippen molar-refractivity contribution >= 4 is 43.4 Å². The van der Waals surface area contributed by atoms with Crippen molar-refractivity contribution in [1.29, 1.82) is 0 Å². The number of halogens is 1. The zero-order valence-electron chi connectivity index (χ0n) is 13.7. The van der Waals surface area contributed by atoms with Gasteiger partial charge in [0.1, 0.15) is 5.82 Å². The highest BCUT2D eigenvalue weighted by molar-refractivity contribution is 9.10. The van der Waals surface area contributed by atoms with Crippen molar-refractivity contribution in [1.82, 2.24) is 9.97 Å². The fourth-order valence-corrected chi connectivity index (χ4v) is 2.82. The topological polar surface area (TPSA) is 57.8 Å². The van der Waals surface area contributed by atoms with Gasteiger partial charge in [-0.1, -0.05) is 36.7 Å².